The SMILES string of the molecule is Cc1cc(C)c(C(O)CF)c(C)c1. The first-order valence-corrected chi connectivity index (χ1v) is 4.38. The summed E-state index contributed by atoms with van der Waals surface area (Å²) in [4.78, 5) is 0. The van der Waals surface area contributed by atoms with E-state index in [0.29, 0.717) is 0 Å². The van der Waals surface area contributed by atoms with Gasteiger partial charge in [0.2, 0.25) is 0 Å². The lowest BCUT2D eigenvalue weighted by molar-refractivity contribution is 0.140. The lowest BCUT2D eigenvalue weighted by atomic mass is 9.96. The number of halogens is 1. The Labute approximate surface area is 78.2 Å². The van der Waals surface area contributed by atoms with Gasteiger partial charge in [0.05, 0.1) is 0 Å². The van der Waals surface area contributed by atoms with Crippen molar-refractivity contribution in [3.05, 3.63) is 34.4 Å². The molecule has 0 aliphatic rings. The minimum Gasteiger partial charge on any atom is -0.386 e. The fourth-order valence-electron chi connectivity index (χ4n) is 1.79. The highest BCUT2D eigenvalue weighted by Crippen LogP contribution is 2.23. The van der Waals surface area contributed by atoms with Crippen LogP contribution in [-0.2, 0) is 0 Å². The summed E-state index contributed by atoms with van der Waals surface area (Å²) in [5.41, 5.74) is 3.79. The minimum absolute atomic E-state index is 0.718. The van der Waals surface area contributed by atoms with Crippen LogP contribution >= 0.6 is 0 Å². The molecule has 0 spiro atoms. The van der Waals surface area contributed by atoms with Gasteiger partial charge < -0.3 is 5.11 Å². The van der Waals surface area contributed by atoms with Gasteiger partial charge in [-0.2, -0.15) is 0 Å². The molecular formula is C11H15FO. The highest BCUT2D eigenvalue weighted by molar-refractivity contribution is 5.38. The highest BCUT2D eigenvalue weighted by atomic mass is 19.1. The first-order chi connectivity index (χ1) is 6.06. The van der Waals surface area contributed by atoms with Crippen LogP contribution < -0.4 is 0 Å². The number of hydrogen-bond donors (Lipinski definition) is 1. The molecule has 0 saturated heterocycles. The zero-order valence-corrected chi connectivity index (χ0v) is 8.26. The molecule has 1 rings (SSSR count). The largest absolute Gasteiger partial charge is 0.386 e. The Morgan fingerprint density at radius 1 is 1.23 bits per heavy atom. The molecule has 0 fully saturated rings. The monoisotopic (exact) mass is 182 g/mol. The predicted octanol–water partition coefficient (Wildman–Crippen LogP) is 2.61. The Morgan fingerprint density at radius 2 is 1.69 bits per heavy atom. The second-order valence-electron chi connectivity index (χ2n) is 3.48. The van der Waals surface area contributed by atoms with E-state index in [2.05, 4.69) is 0 Å². The van der Waals surface area contributed by atoms with E-state index < -0.39 is 12.8 Å². The van der Waals surface area contributed by atoms with Crippen LogP contribution in [0.2, 0.25) is 0 Å². The molecule has 0 radical (unpaired) electrons. The first kappa shape index (κ1) is 10.2. The van der Waals surface area contributed by atoms with Gasteiger partial charge in [0.15, 0.2) is 0 Å². The van der Waals surface area contributed by atoms with Crippen LogP contribution in [0.3, 0.4) is 0 Å². The molecule has 0 bridgehead atoms. The standard InChI is InChI=1S/C11H15FO/c1-7-4-8(2)11(9(3)5-7)10(13)6-12/h4-5,10,13H,6H2,1-3H3. The fraction of sp³-hybridized carbons (Fsp3) is 0.455. The van der Waals surface area contributed by atoms with Crippen molar-refractivity contribution < 1.29 is 9.50 Å². The Balaban J connectivity index is 3.20. The van der Waals surface area contributed by atoms with Crippen molar-refractivity contribution in [3.8, 4) is 0 Å². The second kappa shape index (κ2) is 3.88. The van der Waals surface area contributed by atoms with Gasteiger partial charge in [-0.3, -0.25) is 0 Å². The molecule has 1 nitrogen and oxygen atoms in total. The van der Waals surface area contributed by atoms with Gasteiger partial charge in [0, 0.05) is 0 Å². The van der Waals surface area contributed by atoms with E-state index >= 15 is 0 Å². The molecule has 1 aromatic carbocycles. The van der Waals surface area contributed by atoms with Gasteiger partial charge in [0.1, 0.15) is 12.8 Å². The smallest absolute Gasteiger partial charge is 0.119 e. The number of aryl methyl sites for hydroxylation is 3. The molecule has 0 heterocycles. The maximum absolute atomic E-state index is 12.3. The second-order valence-corrected chi connectivity index (χ2v) is 3.48. The molecule has 0 aliphatic carbocycles. The average Bonchev–Trinajstić information content (AvgIpc) is 2.02. The van der Waals surface area contributed by atoms with Crippen molar-refractivity contribution in [2.75, 3.05) is 6.67 Å². The third-order valence-corrected chi connectivity index (χ3v) is 2.22. The van der Waals surface area contributed by atoms with Crippen LogP contribution in [0.25, 0.3) is 0 Å². The number of rotatable bonds is 2. The van der Waals surface area contributed by atoms with Crippen molar-refractivity contribution in [2.24, 2.45) is 0 Å². The lowest BCUT2D eigenvalue weighted by Crippen LogP contribution is -2.04. The minimum atomic E-state index is -0.972. The summed E-state index contributed by atoms with van der Waals surface area (Å²) in [5, 5.41) is 9.41. The van der Waals surface area contributed by atoms with E-state index in [1.165, 1.54) is 0 Å². The summed E-state index contributed by atoms with van der Waals surface area (Å²) in [5.74, 6) is 0. The topological polar surface area (TPSA) is 20.2 Å². The van der Waals surface area contributed by atoms with Crippen LogP contribution in [0.4, 0.5) is 4.39 Å². The summed E-state index contributed by atoms with van der Waals surface area (Å²) in [6, 6.07) is 3.92. The maximum Gasteiger partial charge on any atom is 0.119 e. The summed E-state index contributed by atoms with van der Waals surface area (Å²) in [6.45, 7) is 5.07. The van der Waals surface area contributed by atoms with E-state index in [4.69, 9.17) is 0 Å². The van der Waals surface area contributed by atoms with E-state index in [0.717, 1.165) is 22.3 Å². The third kappa shape index (κ3) is 2.07. The Hall–Kier alpha value is -0.890. The van der Waals surface area contributed by atoms with Gasteiger partial charge in [-0.15, -0.1) is 0 Å². The normalized spacial score (nSPS) is 13.0. The zero-order chi connectivity index (χ0) is 10.0. The number of aliphatic hydroxyl groups excluding tert-OH is 1. The maximum atomic E-state index is 12.3. The predicted molar refractivity (Wildman–Crippen MR) is 51.6 cm³/mol. The van der Waals surface area contributed by atoms with Crippen LogP contribution in [0.5, 0.6) is 0 Å². The number of benzene rings is 1. The van der Waals surface area contributed by atoms with Gasteiger partial charge in [0.25, 0.3) is 0 Å². The summed E-state index contributed by atoms with van der Waals surface area (Å²) < 4.78 is 12.3. The lowest BCUT2D eigenvalue weighted by Gasteiger charge is -2.14. The Bertz CT molecular complexity index is 284. The Morgan fingerprint density at radius 3 is 2.08 bits per heavy atom. The molecule has 1 unspecified atom stereocenters. The van der Waals surface area contributed by atoms with E-state index in [-0.39, 0.29) is 0 Å². The molecule has 0 amide bonds. The first-order valence-electron chi connectivity index (χ1n) is 4.38. The number of hydrogen-bond acceptors (Lipinski definition) is 1. The summed E-state index contributed by atoms with van der Waals surface area (Å²) in [6.07, 6.45) is -0.972. The fourth-order valence-corrected chi connectivity index (χ4v) is 1.79. The summed E-state index contributed by atoms with van der Waals surface area (Å²) >= 11 is 0. The third-order valence-electron chi connectivity index (χ3n) is 2.22. The van der Waals surface area contributed by atoms with Crippen LogP contribution in [0.15, 0.2) is 12.1 Å². The molecule has 72 valence electrons. The molecule has 2 heteroatoms. The summed E-state index contributed by atoms with van der Waals surface area (Å²) in [7, 11) is 0. The molecule has 1 aromatic rings. The van der Waals surface area contributed by atoms with Crippen LogP contribution in [-0.4, -0.2) is 11.8 Å². The van der Waals surface area contributed by atoms with E-state index in [9.17, 15) is 9.50 Å². The highest BCUT2D eigenvalue weighted by Gasteiger charge is 2.12. The molecular weight excluding hydrogens is 167 g/mol. The van der Waals surface area contributed by atoms with Gasteiger partial charge >= 0.3 is 0 Å². The van der Waals surface area contributed by atoms with Crippen molar-refractivity contribution in [1.29, 1.82) is 0 Å². The number of alkyl halides is 1. The zero-order valence-electron chi connectivity index (χ0n) is 8.26. The van der Waals surface area contributed by atoms with Crippen molar-refractivity contribution in [2.45, 2.75) is 26.9 Å². The molecule has 13 heavy (non-hydrogen) atoms. The molecule has 0 saturated carbocycles. The average molecular weight is 182 g/mol. The molecule has 0 aromatic heterocycles. The van der Waals surface area contributed by atoms with E-state index in [1.807, 2.05) is 32.9 Å². The van der Waals surface area contributed by atoms with Gasteiger partial charge in [-0.05, 0) is 37.5 Å². The molecule has 1 atom stereocenters. The van der Waals surface area contributed by atoms with Crippen molar-refractivity contribution in [1.82, 2.24) is 0 Å². The number of aliphatic hydroxyl groups is 1. The van der Waals surface area contributed by atoms with Crippen LogP contribution in [0, 0.1) is 20.8 Å². The van der Waals surface area contributed by atoms with Gasteiger partial charge in [-0.25, -0.2) is 4.39 Å². The van der Waals surface area contributed by atoms with Crippen molar-refractivity contribution in [3.63, 3.8) is 0 Å². The molecule has 0 aliphatic heterocycles. The van der Waals surface area contributed by atoms with E-state index in [1.54, 1.807) is 0 Å². The van der Waals surface area contributed by atoms with Gasteiger partial charge in [-0.1, -0.05) is 17.7 Å². The molecule has 1 N–H and O–H groups in total. The Kier molecular flexibility index (Phi) is 3.04. The van der Waals surface area contributed by atoms with Crippen molar-refractivity contribution >= 4 is 0 Å². The van der Waals surface area contributed by atoms with Crippen LogP contribution in [0.1, 0.15) is 28.4 Å². The quantitative estimate of drug-likeness (QED) is 0.745.